The Morgan fingerprint density at radius 1 is 0.471 bits per heavy atom. The largest absolute Gasteiger partial charge is 0.394 e. The number of rotatable bonds is 12. The van der Waals surface area contributed by atoms with Gasteiger partial charge in [0.15, 0.2) is 25.2 Å². The monoisotopic (exact) mass is 748 g/mol. The Morgan fingerprint density at radius 3 is 1.41 bits per heavy atom. The molecule has 4 saturated heterocycles. The molecule has 0 aromatic carbocycles. The number of carbonyl (C=O) groups is 2. The topological polar surface area (TPSA) is 366 Å². The predicted octanol–water partition coefficient (Wildman–Crippen LogP) is -9.46. The molecule has 4 aliphatic rings. The normalized spacial score (nSPS) is 47.8. The van der Waals surface area contributed by atoms with Crippen molar-refractivity contribution in [2.24, 2.45) is 0 Å². The first-order valence-corrected chi connectivity index (χ1v) is 16.1. The number of amides is 2. The van der Waals surface area contributed by atoms with Crippen molar-refractivity contribution in [2.75, 3.05) is 26.4 Å². The second kappa shape index (κ2) is 18.0. The number of aliphatic hydroxyl groups excluding tert-OH is 12. The van der Waals surface area contributed by atoms with Crippen LogP contribution in [-0.4, -0.2) is 222 Å². The third-order valence-corrected chi connectivity index (χ3v) is 9.01. The van der Waals surface area contributed by atoms with E-state index in [9.17, 15) is 70.9 Å². The van der Waals surface area contributed by atoms with Crippen molar-refractivity contribution in [2.45, 2.75) is 137 Å². The van der Waals surface area contributed by atoms with Crippen LogP contribution in [0.25, 0.3) is 0 Å². The lowest BCUT2D eigenvalue weighted by molar-refractivity contribution is -0.379. The zero-order chi connectivity index (χ0) is 37.9. The first-order valence-electron chi connectivity index (χ1n) is 16.1. The number of carbonyl (C=O) groups excluding carboxylic acids is 2. The van der Waals surface area contributed by atoms with Crippen LogP contribution in [0, 0.1) is 0 Å². The molecule has 4 fully saturated rings. The van der Waals surface area contributed by atoms with Crippen LogP contribution >= 0.6 is 0 Å². The molecule has 4 rings (SSSR count). The molecule has 0 aromatic heterocycles. The number of nitrogens with one attached hydrogen (secondary N) is 2. The van der Waals surface area contributed by atoms with E-state index in [0.717, 1.165) is 13.8 Å². The molecule has 0 aliphatic carbocycles. The van der Waals surface area contributed by atoms with Crippen LogP contribution in [-0.2, 0) is 42.7 Å². The molecule has 1 unspecified atom stereocenters. The van der Waals surface area contributed by atoms with Gasteiger partial charge in [-0.15, -0.1) is 0 Å². The summed E-state index contributed by atoms with van der Waals surface area (Å²) >= 11 is 0. The van der Waals surface area contributed by atoms with Crippen molar-refractivity contribution in [1.82, 2.24) is 10.6 Å². The molecule has 14 N–H and O–H groups in total. The molecule has 0 bridgehead atoms. The highest BCUT2D eigenvalue weighted by molar-refractivity contribution is 5.73. The van der Waals surface area contributed by atoms with Gasteiger partial charge in [0.1, 0.15) is 97.5 Å². The third-order valence-electron chi connectivity index (χ3n) is 9.01. The fourth-order valence-corrected chi connectivity index (χ4v) is 6.35. The average Bonchev–Trinajstić information content (AvgIpc) is 3.09. The van der Waals surface area contributed by atoms with Gasteiger partial charge in [-0.3, -0.25) is 9.59 Å². The molecule has 0 aromatic rings. The van der Waals surface area contributed by atoms with Crippen molar-refractivity contribution in [1.29, 1.82) is 0 Å². The summed E-state index contributed by atoms with van der Waals surface area (Å²) in [4.78, 5) is 23.9. The van der Waals surface area contributed by atoms with E-state index in [1.807, 2.05) is 0 Å². The van der Waals surface area contributed by atoms with E-state index in [0.29, 0.717) is 0 Å². The van der Waals surface area contributed by atoms with Gasteiger partial charge in [0.2, 0.25) is 11.8 Å². The van der Waals surface area contributed by atoms with Crippen molar-refractivity contribution in [3.8, 4) is 0 Å². The summed E-state index contributed by atoms with van der Waals surface area (Å²) < 4.78 is 39.1. The van der Waals surface area contributed by atoms with Crippen LogP contribution < -0.4 is 10.6 Å². The van der Waals surface area contributed by atoms with Crippen molar-refractivity contribution in [3.05, 3.63) is 0 Å². The Kier molecular flexibility index (Phi) is 14.8. The van der Waals surface area contributed by atoms with Crippen LogP contribution in [0.15, 0.2) is 0 Å². The second-order valence-electron chi connectivity index (χ2n) is 12.6. The van der Waals surface area contributed by atoms with Gasteiger partial charge >= 0.3 is 0 Å². The molecule has 23 heteroatoms. The molecule has 2 amide bonds. The maximum absolute atomic E-state index is 12.2. The van der Waals surface area contributed by atoms with Crippen molar-refractivity contribution >= 4 is 11.8 Å². The van der Waals surface area contributed by atoms with Gasteiger partial charge in [-0.1, -0.05) is 0 Å². The molecule has 0 radical (unpaired) electrons. The minimum Gasteiger partial charge on any atom is -0.394 e. The van der Waals surface area contributed by atoms with Crippen molar-refractivity contribution < 1.29 is 104 Å². The zero-order valence-corrected chi connectivity index (χ0v) is 27.4. The highest BCUT2D eigenvalue weighted by Crippen LogP contribution is 2.34. The Bertz CT molecular complexity index is 1140. The van der Waals surface area contributed by atoms with Gasteiger partial charge in [0.05, 0.1) is 26.4 Å². The molecule has 20 atom stereocenters. The maximum atomic E-state index is 12.2. The van der Waals surface area contributed by atoms with Crippen LogP contribution in [0.3, 0.4) is 0 Å². The minimum absolute atomic E-state index is 0.660. The summed E-state index contributed by atoms with van der Waals surface area (Å²) in [5, 5.41) is 130. The second-order valence-corrected chi connectivity index (χ2v) is 12.6. The third kappa shape index (κ3) is 9.11. The minimum atomic E-state index is -2.04. The SMILES string of the molecule is CC(=O)N[C@H]1[C@H](O[C@H]2[C@H](O)[C@@H](NC(C)=O)C(O)O[C@@H]2CO)O[C@H](CO)[C@@H](O[C@@H]2O[C@H](CO)[C@@H](O)[C@H](O[C@@H]3O[C@H](CO)[C@@H](O)[C@H](O)[C@@H]3O)[C@@H]2O)[C@@H]1O. The molecular weight excluding hydrogens is 700 g/mol. The Labute approximate surface area is 289 Å². The summed E-state index contributed by atoms with van der Waals surface area (Å²) in [6.07, 6.45) is -31.4. The standard InChI is InChI=1S/C28H48N2O21/c1-7(35)29-13-17(39)22(11(5-33)45-25(13)44)49-26-14(30-8(2)36)18(40)23(12(6-34)48-26)50-28-21(43)24(16(38)10(4-32)47-28)51-27-20(42)19(41)15(37)9(3-31)46-27/h9-28,31-34,37-44H,3-6H2,1-2H3,(H,29,35)(H,30,36)/t9-,10-,11-,12-,13-,14-,15-,16-,17-,18-,19+,20+,21+,22-,23-,24+,25?,26+,27+,28+/m1/s1. The van der Waals surface area contributed by atoms with E-state index in [-0.39, 0.29) is 0 Å². The van der Waals surface area contributed by atoms with E-state index in [2.05, 4.69) is 10.6 Å². The first-order chi connectivity index (χ1) is 24.1. The molecule has 4 heterocycles. The smallest absolute Gasteiger partial charge is 0.217 e. The molecule has 296 valence electrons. The fraction of sp³-hybridized carbons (Fsp3) is 0.929. The van der Waals surface area contributed by atoms with E-state index in [1.165, 1.54) is 0 Å². The van der Waals surface area contributed by atoms with Gasteiger partial charge in [-0.05, 0) is 0 Å². The molecule has 0 saturated carbocycles. The lowest BCUT2D eigenvalue weighted by Crippen LogP contribution is -2.70. The number of hydrogen-bond donors (Lipinski definition) is 14. The quantitative estimate of drug-likeness (QED) is 0.0881. The lowest BCUT2D eigenvalue weighted by atomic mass is 9.94. The van der Waals surface area contributed by atoms with E-state index in [4.69, 9.17) is 33.2 Å². The van der Waals surface area contributed by atoms with Gasteiger partial charge in [-0.2, -0.15) is 0 Å². The first kappa shape index (κ1) is 41.9. The summed E-state index contributed by atoms with van der Waals surface area (Å²) in [5.74, 6) is -1.40. The van der Waals surface area contributed by atoms with Gasteiger partial charge < -0.3 is 105 Å². The lowest BCUT2D eigenvalue weighted by Gasteiger charge is -2.50. The van der Waals surface area contributed by atoms with Crippen LogP contribution in [0.5, 0.6) is 0 Å². The Morgan fingerprint density at radius 2 is 0.882 bits per heavy atom. The predicted molar refractivity (Wildman–Crippen MR) is 157 cm³/mol. The molecule has 4 aliphatic heterocycles. The molecular formula is C28H48N2O21. The van der Waals surface area contributed by atoms with Crippen LogP contribution in [0.1, 0.15) is 13.8 Å². The van der Waals surface area contributed by atoms with E-state index < -0.39 is 161 Å². The highest BCUT2D eigenvalue weighted by Gasteiger charge is 2.55. The Balaban J connectivity index is 1.56. The fourth-order valence-electron chi connectivity index (χ4n) is 6.35. The summed E-state index contributed by atoms with van der Waals surface area (Å²) in [6, 6.07) is -3.04. The highest BCUT2D eigenvalue weighted by atomic mass is 16.8. The number of ether oxygens (including phenoxy) is 7. The average molecular weight is 749 g/mol. The molecule has 0 spiro atoms. The van der Waals surface area contributed by atoms with Crippen LogP contribution in [0.4, 0.5) is 0 Å². The van der Waals surface area contributed by atoms with Gasteiger partial charge in [0.25, 0.3) is 0 Å². The summed E-state index contributed by atoms with van der Waals surface area (Å²) in [5.41, 5.74) is 0. The summed E-state index contributed by atoms with van der Waals surface area (Å²) in [6.45, 7) is -1.28. The van der Waals surface area contributed by atoms with Gasteiger partial charge in [0, 0.05) is 13.8 Å². The molecule has 23 nitrogen and oxygen atoms in total. The van der Waals surface area contributed by atoms with Gasteiger partial charge in [-0.25, -0.2) is 0 Å². The van der Waals surface area contributed by atoms with E-state index >= 15 is 0 Å². The molecule has 51 heavy (non-hydrogen) atoms. The zero-order valence-electron chi connectivity index (χ0n) is 27.4. The number of aliphatic hydroxyl groups is 12. The number of hydrogen-bond acceptors (Lipinski definition) is 21. The van der Waals surface area contributed by atoms with Crippen molar-refractivity contribution in [3.63, 3.8) is 0 Å². The summed E-state index contributed by atoms with van der Waals surface area (Å²) in [7, 11) is 0. The Hall–Kier alpha value is -1.82. The maximum Gasteiger partial charge on any atom is 0.217 e. The van der Waals surface area contributed by atoms with E-state index in [1.54, 1.807) is 0 Å². The van der Waals surface area contributed by atoms with Crippen LogP contribution in [0.2, 0.25) is 0 Å².